The van der Waals surface area contributed by atoms with Crippen molar-refractivity contribution in [3.8, 4) is 0 Å². The van der Waals surface area contributed by atoms with Crippen molar-refractivity contribution in [3.63, 3.8) is 0 Å². The summed E-state index contributed by atoms with van der Waals surface area (Å²) >= 11 is 0. The highest BCUT2D eigenvalue weighted by atomic mass is 16.3. The van der Waals surface area contributed by atoms with E-state index in [1.54, 1.807) is 0 Å². The van der Waals surface area contributed by atoms with Crippen molar-refractivity contribution < 1.29 is 9.90 Å². The van der Waals surface area contributed by atoms with Crippen LogP contribution in [-0.2, 0) is 4.79 Å². The van der Waals surface area contributed by atoms with Crippen molar-refractivity contribution in [1.29, 1.82) is 0 Å². The van der Waals surface area contributed by atoms with E-state index >= 15 is 0 Å². The van der Waals surface area contributed by atoms with E-state index in [1.807, 2.05) is 98.7 Å². The van der Waals surface area contributed by atoms with Crippen molar-refractivity contribution in [3.05, 3.63) is 70.8 Å². The average Bonchev–Trinajstić information content (AvgIpc) is 2.71. The molecule has 152 valence electrons. The lowest BCUT2D eigenvalue weighted by Crippen LogP contribution is -2.22. The van der Waals surface area contributed by atoms with Gasteiger partial charge in [-0.25, -0.2) is 0 Å². The lowest BCUT2D eigenvalue weighted by molar-refractivity contribution is -0.113. The van der Waals surface area contributed by atoms with Crippen LogP contribution in [0.3, 0.4) is 0 Å². The maximum Gasteiger partial charge on any atom is 0.185 e. The van der Waals surface area contributed by atoms with Crippen LogP contribution in [0, 0.1) is 5.92 Å². The number of hydrogen-bond donors (Lipinski definition) is 1. The summed E-state index contributed by atoms with van der Waals surface area (Å²) in [5.41, 5.74) is 5.79. The number of aliphatic hydroxyl groups excluding tert-OH is 1. The lowest BCUT2D eigenvalue weighted by atomic mass is 9.80. The van der Waals surface area contributed by atoms with Gasteiger partial charge in [-0.3, -0.25) is 4.79 Å². The number of anilines is 2. The van der Waals surface area contributed by atoms with Crippen LogP contribution < -0.4 is 9.80 Å². The SMILES string of the molecule is CN(C)c1ccc(C=C2CC(CO)CC(=Cc3ccc(N(C)C)cc3)C2=O)cc1. The highest BCUT2D eigenvalue weighted by Gasteiger charge is 2.27. The summed E-state index contributed by atoms with van der Waals surface area (Å²) in [5, 5.41) is 9.76. The monoisotopic (exact) mass is 390 g/mol. The van der Waals surface area contributed by atoms with Gasteiger partial charge in [0, 0.05) is 57.3 Å². The molecule has 2 aromatic carbocycles. The van der Waals surface area contributed by atoms with Gasteiger partial charge in [0.05, 0.1) is 0 Å². The molecule has 1 fully saturated rings. The first-order valence-electron chi connectivity index (χ1n) is 9.99. The number of rotatable bonds is 5. The highest BCUT2D eigenvalue weighted by molar-refractivity contribution is 6.14. The molecule has 0 radical (unpaired) electrons. The van der Waals surface area contributed by atoms with Crippen LogP contribution in [0.4, 0.5) is 11.4 Å². The average molecular weight is 391 g/mol. The molecule has 0 spiro atoms. The summed E-state index contributed by atoms with van der Waals surface area (Å²) < 4.78 is 0. The van der Waals surface area contributed by atoms with Gasteiger partial charge in [-0.15, -0.1) is 0 Å². The molecule has 1 N–H and O–H groups in total. The number of Topliss-reactive ketones (excluding diaryl/α,β-unsaturated/α-hetero) is 1. The van der Waals surface area contributed by atoms with Gasteiger partial charge in [0.25, 0.3) is 0 Å². The van der Waals surface area contributed by atoms with Crippen LogP contribution in [0.15, 0.2) is 59.7 Å². The highest BCUT2D eigenvalue weighted by Crippen LogP contribution is 2.32. The lowest BCUT2D eigenvalue weighted by Gasteiger charge is -2.24. The molecule has 0 aliphatic heterocycles. The minimum Gasteiger partial charge on any atom is -0.396 e. The van der Waals surface area contributed by atoms with Crippen molar-refractivity contribution in [2.75, 3.05) is 44.6 Å². The van der Waals surface area contributed by atoms with E-state index in [9.17, 15) is 9.90 Å². The molecule has 1 aliphatic carbocycles. The number of hydrogen-bond acceptors (Lipinski definition) is 4. The first-order chi connectivity index (χ1) is 13.9. The molecule has 1 aliphatic rings. The molecule has 0 heterocycles. The number of allylic oxidation sites excluding steroid dienone is 2. The molecule has 0 amide bonds. The second kappa shape index (κ2) is 9.10. The predicted octanol–water partition coefficient (Wildman–Crippen LogP) is 4.26. The van der Waals surface area contributed by atoms with E-state index < -0.39 is 0 Å². The predicted molar refractivity (Wildman–Crippen MR) is 122 cm³/mol. The Morgan fingerprint density at radius 2 is 1.17 bits per heavy atom. The molecule has 4 nitrogen and oxygen atoms in total. The third-order valence-corrected chi connectivity index (χ3v) is 5.36. The van der Waals surface area contributed by atoms with Crippen molar-refractivity contribution in [1.82, 2.24) is 0 Å². The summed E-state index contributed by atoms with van der Waals surface area (Å²) in [7, 11) is 8.02. The second-order valence-electron chi connectivity index (χ2n) is 8.10. The minimum absolute atomic E-state index is 0.0762. The summed E-state index contributed by atoms with van der Waals surface area (Å²) in [5.74, 6) is 0.162. The maximum absolute atomic E-state index is 13.1. The molecular weight excluding hydrogens is 360 g/mol. The molecule has 0 aromatic heterocycles. The molecule has 1 saturated carbocycles. The van der Waals surface area contributed by atoms with E-state index in [0.717, 1.165) is 33.6 Å². The van der Waals surface area contributed by atoms with E-state index in [4.69, 9.17) is 0 Å². The van der Waals surface area contributed by atoms with E-state index in [2.05, 4.69) is 0 Å². The van der Waals surface area contributed by atoms with Gasteiger partial charge in [-0.1, -0.05) is 24.3 Å². The van der Waals surface area contributed by atoms with Gasteiger partial charge in [0.2, 0.25) is 0 Å². The largest absolute Gasteiger partial charge is 0.396 e. The molecule has 0 saturated heterocycles. The fourth-order valence-electron chi connectivity index (χ4n) is 3.60. The number of ketones is 1. The Bertz CT molecular complexity index is 833. The quantitative estimate of drug-likeness (QED) is 0.775. The van der Waals surface area contributed by atoms with E-state index in [1.165, 1.54) is 0 Å². The first-order valence-corrected chi connectivity index (χ1v) is 9.99. The summed E-state index contributed by atoms with van der Waals surface area (Å²) in [4.78, 5) is 17.2. The van der Waals surface area contributed by atoms with Crippen LogP contribution in [0.25, 0.3) is 12.2 Å². The molecular formula is C25H30N2O2. The van der Waals surface area contributed by atoms with Gasteiger partial charge in [0.1, 0.15) is 0 Å². The number of carbonyl (C=O) groups is 1. The van der Waals surface area contributed by atoms with Crippen LogP contribution in [0.2, 0.25) is 0 Å². The zero-order valence-corrected chi connectivity index (χ0v) is 17.7. The summed E-state index contributed by atoms with van der Waals surface area (Å²) in [6.45, 7) is 0.0844. The van der Waals surface area contributed by atoms with Crippen LogP contribution >= 0.6 is 0 Å². The zero-order chi connectivity index (χ0) is 21.0. The molecule has 4 heteroatoms. The van der Waals surface area contributed by atoms with Gasteiger partial charge < -0.3 is 14.9 Å². The second-order valence-corrected chi connectivity index (χ2v) is 8.10. The van der Waals surface area contributed by atoms with Crippen molar-refractivity contribution in [2.45, 2.75) is 12.8 Å². The van der Waals surface area contributed by atoms with E-state index in [0.29, 0.717) is 12.8 Å². The normalized spacial score (nSPS) is 19.6. The molecule has 0 atom stereocenters. The Morgan fingerprint density at radius 1 is 0.793 bits per heavy atom. The van der Waals surface area contributed by atoms with Crippen molar-refractivity contribution in [2.24, 2.45) is 5.92 Å². The van der Waals surface area contributed by atoms with Crippen LogP contribution in [-0.4, -0.2) is 45.7 Å². The third-order valence-electron chi connectivity index (χ3n) is 5.36. The Morgan fingerprint density at radius 3 is 1.48 bits per heavy atom. The van der Waals surface area contributed by atoms with Crippen LogP contribution in [0.5, 0.6) is 0 Å². The molecule has 3 rings (SSSR count). The molecule has 2 aromatic rings. The molecule has 0 unspecified atom stereocenters. The third kappa shape index (κ3) is 5.15. The zero-order valence-electron chi connectivity index (χ0n) is 17.7. The Hall–Kier alpha value is -2.85. The van der Waals surface area contributed by atoms with Crippen LogP contribution in [0.1, 0.15) is 24.0 Å². The summed E-state index contributed by atoms with van der Waals surface area (Å²) in [6, 6.07) is 16.3. The number of aliphatic hydroxyl groups is 1. The Kier molecular flexibility index (Phi) is 6.55. The Balaban J connectivity index is 1.88. The van der Waals surface area contributed by atoms with E-state index in [-0.39, 0.29) is 18.3 Å². The van der Waals surface area contributed by atoms with Gasteiger partial charge >= 0.3 is 0 Å². The smallest absolute Gasteiger partial charge is 0.185 e. The minimum atomic E-state index is 0.0762. The first kappa shape index (κ1) is 20.9. The van der Waals surface area contributed by atoms with Gasteiger partial charge in [0.15, 0.2) is 5.78 Å². The standard InChI is InChI=1S/C25H30N2O2/c1-26(2)23-9-5-18(6-10-23)13-21-15-20(17-28)16-22(25(21)29)14-19-7-11-24(12-8-19)27(3)4/h5-14,20,28H,15-17H2,1-4H3. The number of carbonyl (C=O) groups excluding carboxylic acids is 1. The maximum atomic E-state index is 13.1. The molecule has 29 heavy (non-hydrogen) atoms. The summed E-state index contributed by atoms with van der Waals surface area (Å²) in [6.07, 6.45) is 5.16. The van der Waals surface area contributed by atoms with Gasteiger partial charge in [-0.2, -0.15) is 0 Å². The fraction of sp³-hybridized carbons (Fsp3) is 0.320. The number of benzene rings is 2. The van der Waals surface area contributed by atoms with Gasteiger partial charge in [-0.05, 0) is 66.3 Å². The Labute approximate surface area is 173 Å². The topological polar surface area (TPSA) is 43.8 Å². The fourth-order valence-corrected chi connectivity index (χ4v) is 3.60. The van der Waals surface area contributed by atoms with Crippen molar-refractivity contribution >= 4 is 29.3 Å². The molecule has 0 bridgehead atoms. The number of nitrogens with zero attached hydrogens (tertiary/aromatic N) is 2.